The first-order valence-corrected chi connectivity index (χ1v) is 20.9. The fourth-order valence-corrected chi connectivity index (χ4v) is 6.06. The summed E-state index contributed by atoms with van der Waals surface area (Å²) in [4.78, 5) is 36.8. The molecule has 8 heteroatoms. The predicted molar refractivity (Wildman–Crippen MR) is 211 cm³/mol. The monoisotopic (exact) mass is 723 g/mol. The Morgan fingerprint density at radius 3 is 1.55 bits per heavy atom. The summed E-state index contributed by atoms with van der Waals surface area (Å²) in [5, 5.41) is 9.59. The highest BCUT2D eigenvalue weighted by Gasteiger charge is 2.31. The second-order valence-corrected chi connectivity index (χ2v) is 15.2. The number of ether oxygens (including phenoxy) is 3. The first-order chi connectivity index (χ1) is 24.6. The van der Waals surface area contributed by atoms with Gasteiger partial charge in [-0.3, -0.25) is 9.59 Å². The van der Waals surface area contributed by atoms with Gasteiger partial charge in [0.25, 0.3) is 0 Å². The quantitative estimate of drug-likeness (QED) is 0.0295. The van der Waals surface area contributed by atoms with E-state index in [1.165, 1.54) is 96.3 Å². The molecule has 0 saturated heterocycles. The molecule has 0 amide bonds. The number of carbonyl (C=O) groups is 3. The maximum Gasteiger partial charge on any atom is 0.362 e. The van der Waals surface area contributed by atoms with Crippen LogP contribution in [-0.4, -0.2) is 80.6 Å². The molecule has 0 aromatic rings. The lowest BCUT2D eigenvalue weighted by Crippen LogP contribution is -2.50. The molecular formula is C43H80NO7+. The van der Waals surface area contributed by atoms with Crippen molar-refractivity contribution in [1.29, 1.82) is 0 Å². The number of unbranched alkanes of at least 4 members (excludes halogenated alkanes) is 19. The van der Waals surface area contributed by atoms with Crippen LogP contribution < -0.4 is 0 Å². The van der Waals surface area contributed by atoms with Crippen molar-refractivity contribution in [2.45, 2.75) is 193 Å². The zero-order chi connectivity index (χ0) is 37.8. The molecule has 0 heterocycles. The summed E-state index contributed by atoms with van der Waals surface area (Å²) in [7, 11) is 5.52. The number of hydrogen-bond acceptors (Lipinski definition) is 6. The number of carbonyl (C=O) groups excluding carboxylic acids is 2. The summed E-state index contributed by atoms with van der Waals surface area (Å²) in [5.41, 5.74) is 0. The number of carboxylic acids is 1. The molecule has 0 saturated carbocycles. The largest absolute Gasteiger partial charge is 0.477 e. The summed E-state index contributed by atoms with van der Waals surface area (Å²) in [6, 6.07) is -0.612. The molecule has 0 aromatic carbocycles. The molecule has 8 nitrogen and oxygen atoms in total. The fourth-order valence-electron chi connectivity index (χ4n) is 6.06. The molecule has 0 radical (unpaired) electrons. The zero-order valence-corrected chi connectivity index (χ0v) is 33.8. The number of quaternary nitrogens is 1. The van der Waals surface area contributed by atoms with Crippen molar-refractivity contribution in [2.24, 2.45) is 0 Å². The minimum Gasteiger partial charge on any atom is -0.477 e. The van der Waals surface area contributed by atoms with E-state index in [0.29, 0.717) is 19.3 Å². The Labute approximate surface area is 313 Å². The highest BCUT2D eigenvalue weighted by atomic mass is 16.6. The van der Waals surface area contributed by atoms with Crippen LogP contribution in [0, 0.1) is 0 Å². The van der Waals surface area contributed by atoms with Gasteiger partial charge in [-0.25, -0.2) is 4.79 Å². The highest BCUT2D eigenvalue weighted by molar-refractivity contribution is 5.72. The molecule has 298 valence electrons. The molecular weight excluding hydrogens is 642 g/mol. The zero-order valence-electron chi connectivity index (χ0n) is 33.8. The van der Waals surface area contributed by atoms with Gasteiger partial charge in [-0.15, -0.1) is 0 Å². The predicted octanol–water partition coefficient (Wildman–Crippen LogP) is 10.9. The topological polar surface area (TPSA) is 99.1 Å². The average molecular weight is 723 g/mol. The van der Waals surface area contributed by atoms with Gasteiger partial charge in [0.15, 0.2) is 12.1 Å². The Morgan fingerprint density at radius 1 is 0.588 bits per heavy atom. The van der Waals surface area contributed by atoms with Crippen LogP contribution in [0.15, 0.2) is 24.3 Å². The molecule has 51 heavy (non-hydrogen) atoms. The van der Waals surface area contributed by atoms with Gasteiger partial charge in [0.1, 0.15) is 6.61 Å². The van der Waals surface area contributed by atoms with Crippen LogP contribution in [-0.2, 0) is 28.6 Å². The van der Waals surface area contributed by atoms with E-state index in [9.17, 15) is 19.5 Å². The van der Waals surface area contributed by atoms with Gasteiger partial charge in [-0.05, 0) is 44.9 Å². The van der Waals surface area contributed by atoms with Crippen molar-refractivity contribution in [3.05, 3.63) is 24.3 Å². The SMILES string of the molecule is CCCCC/C=C\C/C=C\CCCCCCCCCC(=O)OC(COCCC(C(=O)O)[N+](C)(C)C)COC(=O)CCCCCCCCCCCC. The Balaban J connectivity index is 4.36. The number of rotatable bonds is 37. The molecule has 0 aromatic heterocycles. The number of carboxylic acid groups (broad SMARTS) is 1. The van der Waals surface area contributed by atoms with Crippen LogP contribution in [0.4, 0.5) is 0 Å². The van der Waals surface area contributed by atoms with E-state index in [1.54, 1.807) is 0 Å². The van der Waals surface area contributed by atoms with E-state index in [0.717, 1.165) is 51.4 Å². The van der Waals surface area contributed by atoms with Crippen molar-refractivity contribution in [3.8, 4) is 0 Å². The van der Waals surface area contributed by atoms with E-state index in [4.69, 9.17) is 14.2 Å². The van der Waals surface area contributed by atoms with Crippen LogP contribution in [0.25, 0.3) is 0 Å². The lowest BCUT2D eigenvalue weighted by molar-refractivity contribution is -0.887. The Morgan fingerprint density at radius 2 is 1.04 bits per heavy atom. The van der Waals surface area contributed by atoms with Crippen LogP contribution in [0.3, 0.4) is 0 Å². The minimum absolute atomic E-state index is 0.0506. The van der Waals surface area contributed by atoms with Gasteiger partial charge >= 0.3 is 17.9 Å². The number of esters is 2. The van der Waals surface area contributed by atoms with Gasteiger partial charge in [-0.2, -0.15) is 0 Å². The van der Waals surface area contributed by atoms with Crippen molar-refractivity contribution in [1.82, 2.24) is 0 Å². The summed E-state index contributed by atoms with van der Waals surface area (Å²) in [6.45, 7) is 4.69. The average Bonchev–Trinajstić information content (AvgIpc) is 3.08. The van der Waals surface area contributed by atoms with Crippen LogP contribution >= 0.6 is 0 Å². The third kappa shape index (κ3) is 33.4. The third-order valence-corrected chi connectivity index (χ3v) is 9.35. The van der Waals surface area contributed by atoms with E-state index in [1.807, 2.05) is 21.1 Å². The third-order valence-electron chi connectivity index (χ3n) is 9.35. The second-order valence-electron chi connectivity index (χ2n) is 15.2. The molecule has 0 aliphatic heterocycles. The summed E-state index contributed by atoms with van der Waals surface area (Å²) < 4.78 is 17.2. The molecule has 1 N–H and O–H groups in total. The molecule has 0 rings (SSSR count). The molecule has 0 aliphatic rings. The van der Waals surface area contributed by atoms with Crippen LogP contribution in [0.5, 0.6) is 0 Å². The Hall–Kier alpha value is -2.19. The fraction of sp³-hybridized carbons (Fsp3) is 0.837. The maximum absolute atomic E-state index is 12.7. The normalized spacial score (nSPS) is 13.2. The molecule has 2 atom stereocenters. The number of hydrogen-bond donors (Lipinski definition) is 1. The van der Waals surface area contributed by atoms with E-state index >= 15 is 0 Å². The molecule has 0 aliphatic carbocycles. The lowest BCUT2D eigenvalue weighted by Gasteiger charge is -2.31. The number of nitrogens with zero attached hydrogens (tertiary/aromatic N) is 1. The molecule has 0 bridgehead atoms. The minimum atomic E-state index is -0.876. The second kappa shape index (κ2) is 34.9. The smallest absolute Gasteiger partial charge is 0.362 e. The first kappa shape index (κ1) is 48.8. The van der Waals surface area contributed by atoms with Gasteiger partial charge in [0.05, 0.1) is 34.4 Å². The van der Waals surface area contributed by atoms with Gasteiger partial charge in [-0.1, -0.05) is 141 Å². The van der Waals surface area contributed by atoms with E-state index in [-0.39, 0.29) is 36.2 Å². The standard InChI is InChI=1S/C43H79NO7/c1-6-8-10-12-14-16-18-19-20-21-22-23-24-26-28-30-32-34-42(46)51-39(37-49-36-35-40(43(47)48)44(3,4)5)38-50-41(45)33-31-29-27-25-17-15-13-11-9-7-2/h14,16,19-20,39-40H,6-13,15,17-18,21-38H2,1-5H3/p+1/b16-14-,20-19-. The Kier molecular flexibility index (Phi) is 33.4. The van der Waals surface area contributed by atoms with Crippen molar-refractivity contribution in [2.75, 3.05) is 41.0 Å². The number of allylic oxidation sites excluding steroid dienone is 4. The van der Waals surface area contributed by atoms with Crippen LogP contribution in [0.1, 0.15) is 181 Å². The van der Waals surface area contributed by atoms with Gasteiger partial charge in [0, 0.05) is 19.3 Å². The van der Waals surface area contributed by atoms with E-state index in [2.05, 4.69) is 38.2 Å². The summed E-state index contributed by atoms with van der Waals surface area (Å²) in [6.07, 6.45) is 36.4. The molecule has 0 fully saturated rings. The summed E-state index contributed by atoms with van der Waals surface area (Å²) in [5.74, 6) is -1.47. The highest BCUT2D eigenvalue weighted by Crippen LogP contribution is 2.14. The van der Waals surface area contributed by atoms with Crippen molar-refractivity contribution >= 4 is 17.9 Å². The number of likely N-dealkylation sites (N-methyl/N-ethyl adjacent to an activating group) is 1. The van der Waals surface area contributed by atoms with E-state index < -0.39 is 18.1 Å². The molecule has 0 spiro atoms. The maximum atomic E-state index is 12.7. The van der Waals surface area contributed by atoms with Gasteiger partial charge in [0.2, 0.25) is 0 Å². The molecule has 2 unspecified atom stereocenters. The van der Waals surface area contributed by atoms with Crippen molar-refractivity contribution in [3.63, 3.8) is 0 Å². The lowest BCUT2D eigenvalue weighted by atomic mass is 10.1. The van der Waals surface area contributed by atoms with Crippen LogP contribution in [0.2, 0.25) is 0 Å². The number of aliphatic carboxylic acids is 1. The van der Waals surface area contributed by atoms with Crippen molar-refractivity contribution < 1.29 is 38.2 Å². The van der Waals surface area contributed by atoms with Gasteiger partial charge < -0.3 is 23.8 Å². The first-order valence-electron chi connectivity index (χ1n) is 20.9. The Bertz CT molecular complexity index is 895. The summed E-state index contributed by atoms with van der Waals surface area (Å²) >= 11 is 0.